The molecule has 0 aromatic heterocycles. The van der Waals surface area contributed by atoms with Crippen molar-refractivity contribution in [2.45, 2.75) is 19.8 Å². The molecule has 0 heterocycles. The van der Waals surface area contributed by atoms with Crippen LogP contribution in [0.2, 0.25) is 0 Å². The van der Waals surface area contributed by atoms with Gasteiger partial charge in [0.15, 0.2) is 5.78 Å². The van der Waals surface area contributed by atoms with E-state index >= 15 is 0 Å². The Morgan fingerprint density at radius 1 is 0.875 bits per heavy atom. The number of aryl methyl sites for hydroxylation is 1. The summed E-state index contributed by atoms with van der Waals surface area (Å²) in [5, 5.41) is 2.70. The molecule has 2 rings (SSSR count). The fraction of sp³-hybridized carbons (Fsp3) is 0.211. The van der Waals surface area contributed by atoms with E-state index in [1.807, 2.05) is 19.1 Å². The second kappa shape index (κ2) is 8.06. The predicted molar refractivity (Wildman–Crippen MR) is 91.2 cm³/mol. The Bertz CT molecular complexity index is 733. The molecule has 124 valence electrons. The van der Waals surface area contributed by atoms with E-state index in [4.69, 9.17) is 0 Å². The Kier molecular flexibility index (Phi) is 5.84. The molecule has 0 atom stereocenters. The first kappa shape index (κ1) is 17.4. The summed E-state index contributed by atoms with van der Waals surface area (Å²) in [4.78, 5) is 35.3. The summed E-state index contributed by atoms with van der Waals surface area (Å²) >= 11 is 0. The van der Waals surface area contributed by atoms with Gasteiger partial charge in [0.2, 0.25) is 5.91 Å². The van der Waals surface area contributed by atoms with Crippen molar-refractivity contribution < 1.29 is 19.1 Å². The number of ketones is 1. The summed E-state index contributed by atoms with van der Waals surface area (Å²) in [7, 11) is 1.31. The maximum Gasteiger partial charge on any atom is 0.337 e. The first-order chi connectivity index (χ1) is 11.5. The zero-order valence-corrected chi connectivity index (χ0v) is 13.7. The minimum atomic E-state index is -0.434. The number of hydrogen-bond acceptors (Lipinski definition) is 4. The van der Waals surface area contributed by atoms with Crippen molar-refractivity contribution in [1.29, 1.82) is 0 Å². The largest absolute Gasteiger partial charge is 0.465 e. The van der Waals surface area contributed by atoms with Gasteiger partial charge in [-0.2, -0.15) is 0 Å². The number of carbonyl (C=O) groups is 3. The molecule has 0 aliphatic heterocycles. The Balaban J connectivity index is 1.85. The zero-order valence-electron chi connectivity index (χ0n) is 13.7. The highest BCUT2D eigenvalue weighted by atomic mass is 16.5. The molecule has 0 radical (unpaired) electrons. The molecule has 0 fully saturated rings. The molecule has 1 N–H and O–H groups in total. The lowest BCUT2D eigenvalue weighted by atomic mass is 10.0. The number of methoxy groups -OCH3 is 1. The maximum atomic E-state index is 12.0. The number of ether oxygens (including phenoxy) is 1. The number of hydrogen-bond donors (Lipinski definition) is 1. The molecule has 24 heavy (non-hydrogen) atoms. The zero-order chi connectivity index (χ0) is 17.5. The van der Waals surface area contributed by atoms with Crippen molar-refractivity contribution in [3.8, 4) is 0 Å². The van der Waals surface area contributed by atoms with Crippen LogP contribution in [0.5, 0.6) is 0 Å². The van der Waals surface area contributed by atoms with Crippen molar-refractivity contribution >= 4 is 23.3 Å². The minimum absolute atomic E-state index is 0.0637. The predicted octanol–water partition coefficient (Wildman–Crippen LogP) is 3.38. The van der Waals surface area contributed by atoms with Gasteiger partial charge in [0, 0.05) is 24.1 Å². The van der Waals surface area contributed by atoms with E-state index in [0.717, 1.165) is 5.56 Å². The lowest BCUT2D eigenvalue weighted by molar-refractivity contribution is -0.116. The summed E-state index contributed by atoms with van der Waals surface area (Å²) in [5.41, 5.74) is 2.66. The van der Waals surface area contributed by atoms with Gasteiger partial charge in [-0.1, -0.05) is 29.8 Å². The van der Waals surface area contributed by atoms with Gasteiger partial charge in [-0.3, -0.25) is 9.59 Å². The lowest BCUT2D eigenvalue weighted by Gasteiger charge is -2.06. The second-order valence-electron chi connectivity index (χ2n) is 5.41. The number of esters is 1. The van der Waals surface area contributed by atoms with E-state index in [-0.39, 0.29) is 24.5 Å². The molecule has 0 spiro atoms. The van der Waals surface area contributed by atoms with E-state index in [9.17, 15) is 14.4 Å². The molecule has 0 saturated carbocycles. The molecule has 5 heteroatoms. The van der Waals surface area contributed by atoms with Crippen LogP contribution in [0.4, 0.5) is 5.69 Å². The van der Waals surface area contributed by atoms with Gasteiger partial charge in [0.1, 0.15) is 0 Å². The van der Waals surface area contributed by atoms with Gasteiger partial charge < -0.3 is 10.1 Å². The van der Waals surface area contributed by atoms with Crippen molar-refractivity contribution in [1.82, 2.24) is 0 Å². The van der Waals surface area contributed by atoms with Crippen LogP contribution in [-0.2, 0) is 9.53 Å². The number of nitrogens with one attached hydrogen (secondary N) is 1. The van der Waals surface area contributed by atoms with Gasteiger partial charge >= 0.3 is 5.97 Å². The molecule has 0 unspecified atom stereocenters. The third-order valence-electron chi connectivity index (χ3n) is 3.54. The van der Waals surface area contributed by atoms with Crippen LogP contribution < -0.4 is 5.32 Å². The molecule has 2 aromatic carbocycles. The number of Topliss-reactive ketones (excluding diaryl/α,β-unsaturated/α-hetero) is 1. The Hall–Kier alpha value is -2.95. The van der Waals surface area contributed by atoms with Gasteiger partial charge in [-0.15, -0.1) is 0 Å². The first-order valence-electron chi connectivity index (χ1n) is 7.57. The summed E-state index contributed by atoms with van der Waals surface area (Å²) < 4.78 is 4.61. The van der Waals surface area contributed by atoms with Crippen LogP contribution in [0, 0.1) is 6.92 Å². The second-order valence-corrected chi connectivity index (χ2v) is 5.41. The summed E-state index contributed by atoms with van der Waals surface area (Å²) in [6.07, 6.45) is 0.251. The van der Waals surface area contributed by atoms with E-state index < -0.39 is 5.97 Å². The van der Waals surface area contributed by atoms with Crippen LogP contribution in [0.1, 0.15) is 39.1 Å². The van der Waals surface area contributed by atoms with E-state index in [0.29, 0.717) is 16.8 Å². The number of benzene rings is 2. The third-order valence-corrected chi connectivity index (χ3v) is 3.54. The molecule has 2 aromatic rings. The summed E-state index contributed by atoms with van der Waals surface area (Å²) in [6, 6.07) is 13.6. The minimum Gasteiger partial charge on any atom is -0.465 e. The van der Waals surface area contributed by atoms with E-state index in [1.54, 1.807) is 36.4 Å². The monoisotopic (exact) mass is 325 g/mol. The van der Waals surface area contributed by atoms with E-state index in [1.165, 1.54) is 7.11 Å². The lowest BCUT2D eigenvalue weighted by Crippen LogP contribution is -2.13. The smallest absolute Gasteiger partial charge is 0.337 e. The Labute approximate surface area is 140 Å². The molecular weight excluding hydrogens is 306 g/mol. The number of amides is 1. The number of carbonyl (C=O) groups excluding carboxylic acids is 3. The van der Waals surface area contributed by atoms with Gasteiger partial charge in [-0.05, 0) is 31.2 Å². The molecule has 5 nitrogen and oxygen atoms in total. The average Bonchev–Trinajstić information content (AvgIpc) is 2.60. The van der Waals surface area contributed by atoms with Crippen LogP contribution in [0.3, 0.4) is 0 Å². The SMILES string of the molecule is COC(=O)c1ccc(NC(=O)CCC(=O)c2ccc(C)cc2)cc1. The van der Waals surface area contributed by atoms with Gasteiger partial charge in [0.05, 0.1) is 12.7 Å². The van der Waals surface area contributed by atoms with Crippen molar-refractivity contribution in [2.24, 2.45) is 0 Å². The Morgan fingerprint density at radius 2 is 1.46 bits per heavy atom. The highest BCUT2D eigenvalue weighted by Crippen LogP contribution is 2.12. The third kappa shape index (κ3) is 4.78. The van der Waals surface area contributed by atoms with Gasteiger partial charge in [0.25, 0.3) is 0 Å². The fourth-order valence-corrected chi connectivity index (χ4v) is 2.14. The van der Waals surface area contributed by atoms with Crippen LogP contribution >= 0.6 is 0 Å². The average molecular weight is 325 g/mol. The first-order valence-corrected chi connectivity index (χ1v) is 7.57. The number of anilines is 1. The maximum absolute atomic E-state index is 12.0. The quantitative estimate of drug-likeness (QED) is 0.653. The van der Waals surface area contributed by atoms with E-state index in [2.05, 4.69) is 10.1 Å². The van der Waals surface area contributed by atoms with Crippen molar-refractivity contribution in [3.05, 3.63) is 65.2 Å². The van der Waals surface area contributed by atoms with Crippen LogP contribution in [0.15, 0.2) is 48.5 Å². The van der Waals surface area contributed by atoms with Crippen LogP contribution in [0.25, 0.3) is 0 Å². The Morgan fingerprint density at radius 3 is 2.04 bits per heavy atom. The highest BCUT2D eigenvalue weighted by Gasteiger charge is 2.10. The highest BCUT2D eigenvalue weighted by molar-refractivity contribution is 6.00. The van der Waals surface area contributed by atoms with Crippen LogP contribution in [-0.4, -0.2) is 24.8 Å². The molecular formula is C19H19NO4. The molecule has 1 amide bonds. The molecule has 0 bridgehead atoms. The molecule has 0 saturated heterocycles. The number of rotatable bonds is 6. The standard InChI is InChI=1S/C19H19NO4/c1-13-3-5-14(6-4-13)17(21)11-12-18(22)20-16-9-7-15(8-10-16)19(23)24-2/h3-10H,11-12H2,1-2H3,(H,20,22). The van der Waals surface area contributed by atoms with Crippen molar-refractivity contribution in [2.75, 3.05) is 12.4 Å². The normalized spacial score (nSPS) is 10.1. The molecule has 0 aliphatic rings. The summed E-state index contributed by atoms with van der Waals surface area (Å²) in [5.74, 6) is -0.746. The molecule has 0 aliphatic carbocycles. The summed E-state index contributed by atoms with van der Waals surface area (Å²) in [6.45, 7) is 1.95. The van der Waals surface area contributed by atoms with Gasteiger partial charge in [-0.25, -0.2) is 4.79 Å². The fourth-order valence-electron chi connectivity index (χ4n) is 2.14. The topological polar surface area (TPSA) is 72.5 Å². The van der Waals surface area contributed by atoms with Crippen molar-refractivity contribution in [3.63, 3.8) is 0 Å².